The average molecular weight is 326 g/mol. The van der Waals surface area contributed by atoms with Gasteiger partial charge in [-0.3, -0.25) is 4.79 Å². The highest BCUT2D eigenvalue weighted by molar-refractivity contribution is 5.88. The molecule has 1 atom stereocenters. The number of methoxy groups -OCH3 is 1. The van der Waals surface area contributed by atoms with E-state index in [-0.39, 0.29) is 0 Å². The zero-order valence-corrected chi connectivity index (χ0v) is 13.5. The second-order valence-electron chi connectivity index (χ2n) is 5.55. The van der Waals surface area contributed by atoms with Crippen molar-refractivity contribution in [3.8, 4) is 11.5 Å². The summed E-state index contributed by atoms with van der Waals surface area (Å²) in [5, 5.41) is 9.93. The van der Waals surface area contributed by atoms with Gasteiger partial charge in [-0.1, -0.05) is 12.1 Å². The molecule has 124 valence electrons. The number of carboxylic acids is 1. The molecule has 2 aromatic carbocycles. The number of benzene rings is 2. The van der Waals surface area contributed by atoms with Crippen LogP contribution in [0.2, 0.25) is 0 Å². The molecule has 1 aromatic heterocycles. The largest absolute Gasteiger partial charge is 0.497 e. The van der Waals surface area contributed by atoms with Gasteiger partial charge in [-0.15, -0.1) is 0 Å². The Morgan fingerprint density at radius 2 is 1.88 bits per heavy atom. The van der Waals surface area contributed by atoms with E-state index in [0.29, 0.717) is 23.5 Å². The lowest BCUT2D eigenvalue weighted by Gasteiger charge is -2.07. The lowest BCUT2D eigenvalue weighted by Crippen LogP contribution is -2.06. The number of hydrogen-bond donors (Lipinski definition) is 1. The van der Waals surface area contributed by atoms with E-state index in [1.54, 1.807) is 20.1 Å². The number of fused-ring (bicyclic) bond motifs is 1. The summed E-state index contributed by atoms with van der Waals surface area (Å²) in [7, 11) is 1.63. The third kappa shape index (κ3) is 3.20. The molecule has 1 N–H and O–H groups in total. The molecule has 24 heavy (non-hydrogen) atoms. The fourth-order valence-corrected chi connectivity index (χ4v) is 2.48. The predicted molar refractivity (Wildman–Crippen MR) is 89.6 cm³/mol. The van der Waals surface area contributed by atoms with E-state index in [1.807, 2.05) is 36.4 Å². The molecule has 0 spiro atoms. The lowest BCUT2D eigenvalue weighted by molar-refractivity contribution is -0.138. The van der Waals surface area contributed by atoms with Crippen LogP contribution in [0.3, 0.4) is 0 Å². The Morgan fingerprint density at radius 3 is 2.54 bits per heavy atom. The van der Waals surface area contributed by atoms with Gasteiger partial charge < -0.3 is 19.0 Å². The van der Waals surface area contributed by atoms with Crippen molar-refractivity contribution in [3.63, 3.8) is 0 Å². The van der Waals surface area contributed by atoms with Crippen molar-refractivity contribution in [1.29, 1.82) is 0 Å². The van der Waals surface area contributed by atoms with Crippen LogP contribution in [-0.2, 0) is 11.4 Å². The first-order chi connectivity index (χ1) is 11.6. The highest BCUT2D eigenvalue weighted by Gasteiger charge is 2.19. The van der Waals surface area contributed by atoms with Crippen molar-refractivity contribution in [2.75, 3.05) is 7.11 Å². The average Bonchev–Trinajstić information content (AvgIpc) is 3.02. The minimum absolute atomic E-state index is 0.425. The van der Waals surface area contributed by atoms with Crippen molar-refractivity contribution >= 4 is 16.9 Å². The predicted octanol–water partition coefficient (Wildman–Crippen LogP) is 4.21. The summed E-state index contributed by atoms with van der Waals surface area (Å²) in [5.74, 6) is -0.0205. The van der Waals surface area contributed by atoms with E-state index in [9.17, 15) is 4.79 Å². The van der Waals surface area contributed by atoms with E-state index in [1.165, 1.54) is 6.26 Å². The Labute approximate surface area is 139 Å². The van der Waals surface area contributed by atoms with Gasteiger partial charge in [0.2, 0.25) is 0 Å². The van der Waals surface area contributed by atoms with Crippen LogP contribution >= 0.6 is 0 Å². The SMILES string of the molecule is COc1ccc(COc2ccc3c(C(C)C(=O)O)coc3c2)cc1. The molecule has 0 radical (unpaired) electrons. The number of furan rings is 1. The summed E-state index contributed by atoms with van der Waals surface area (Å²) in [4.78, 5) is 11.1. The molecule has 5 heteroatoms. The number of carboxylic acid groups (broad SMARTS) is 1. The maximum atomic E-state index is 11.1. The Bertz CT molecular complexity index is 848. The van der Waals surface area contributed by atoms with Crippen LogP contribution in [0.5, 0.6) is 11.5 Å². The minimum Gasteiger partial charge on any atom is -0.497 e. The third-order valence-corrected chi connectivity index (χ3v) is 3.98. The Hall–Kier alpha value is -2.95. The van der Waals surface area contributed by atoms with Crippen molar-refractivity contribution in [3.05, 3.63) is 59.9 Å². The highest BCUT2D eigenvalue weighted by atomic mass is 16.5. The molecule has 0 amide bonds. The van der Waals surface area contributed by atoms with Crippen LogP contribution in [0.25, 0.3) is 11.0 Å². The van der Waals surface area contributed by atoms with E-state index in [2.05, 4.69) is 0 Å². The van der Waals surface area contributed by atoms with E-state index >= 15 is 0 Å². The standard InChI is InChI=1S/C19H18O5/c1-12(19(20)21)17-11-24-18-9-15(7-8-16(17)18)23-10-13-3-5-14(22-2)6-4-13/h3-9,11-12H,10H2,1-2H3,(H,20,21). The monoisotopic (exact) mass is 326 g/mol. The highest BCUT2D eigenvalue weighted by Crippen LogP contribution is 2.30. The molecule has 0 aliphatic heterocycles. The van der Waals surface area contributed by atoms with Crippen molar-refractivity contribution < 1.29 is 23.8 Å². The first-order valence-corrected chi connectivity index (χ1v) is 7.58. The van der Waals surface area contributed by atoms with Gasteiger partial charge in [0.25, 0.3) is 0 Å². The molecule has 1 unspecified atom stereocenters. The molecule has 0 aliphatic carbocycles. The molecule has 5 nitrogen and oxygen atoms in total. The van der Waals surface area contributed by atoms with E-state index in [0.717, 1.165) is 16.7 Å². The first-order valence-electron chi connectivity index (χ1n) is 7.58. The van der Waals surface area contributed by atoms with Crippen LogP contribution in [0.1, 0.15) is 24.0 Å². The minimum atomic E-state index is -0.877. The molecular weight excluding hydrogens is 308 g/mol. The van der Waals surface area contributed by atoms with Crippen molar-refractivity contribution in [1.82, 2.24) is 0 Å². The van der Waals surface area contributed by atoms with Crippen LogP contribution < -0.4 is 9.47 Å². The zero-order valence-electron chi connectivity index (χ0n) is 13.5. The number of ether oxygens (including phenoxy) is 2. The molecule has 0 aliphatic rings. The summed E-state index contributed by atoms with van der Waals surface area (Å²) in [6, 6.07) is 13.1. The molecule has 1 heterocycles. The van der Waals surface area contributed by atoms with Crippen LogP contribution in [0.4, 0.5) is 0 Å². The van der Waals surface area contributed by atoms with Crippen molar-refractivity contribution in [2.24, 2.45) is 0 Å². The van der Waals surface area contributed by atoms with E-state index < -0.39 is 11.9 Å². The van der Waals surface area contributed by atoms with Gasteiger partial charge in [-0.25, -0.2) is 0 Å². The molecule has 3 rings (SSSR count). The molecule has 0 bridgehead atoms. The van der Waals surface area contributed by atoms with Gasteiger partial charge in [0.05, 0.1) is 19.3 Å². The van der Waals surface area contributed by atoms with Crippen LogP contribution in [0.15, 0.2) is 53.1 Å². The Balaban J connectivity index is 1.75. The smallest absolute Gasteiger partial charge is 0.310 e. The Kier molecular flexibility index (Phi) is 4.42. The quantitative estimate of drug-likeness (QED) is 0.735. The number of aliphatic carboxylic acids is 1. The maximum Gasteiger partial charge on any atom is 0.310 e. The fourth-order valence-electron chi connectivity index (χ4n) is 2.48. The number of carbonyl (C=O) groups is 1. The molecule has 0 fully saturated rings. The molecule has 0 saturated carbocycles. The normalized spacial score (nSPS) is 12.1. The van der Waals surface area contributed by atoms with Crippen molar-refractivity contribution in [2.45, 2.75) is 19.4 Å². The second-order valence-corrected chi connectivity index (χ2v) is 5.55. The summed E-state index contributed by atoms with van der Waals surface area (Å²) in [5.41, 5.74) is 2.31. The van der Waals surface area contributed by atoms with Gasteiger partial charge in [0.15, 0.2) is 0 Å². The lowest BCUT2D eigenvalue weighted by atomic mass is 10.0. The van der Waals surface area contributed by atoms with Gasteiger partial charge >= 0.3 is 5.97 Å². The number of rotatable bonds is 6. The first kappa shape index (κ1) is 15.9. The molecule has 0 saturated heterocycles. The second kappa shape index (κ2) is 6.66. The number of hydrogen-bond acceptors (Lipinski definition) is 4. The fraction of sp³-hybridized carbons (Fsp3) is 0.211. The van der Waals surface area contributed by atoms with Crippen LogP contribution in [0, 0.1) is 0 Å². The summed E-state index contributed by atoms with van der Waals surface area (Å²) >= 11 is 0. The molecule has 3 aromatic rings. The topological polar surface area (TPSA) is 68.9 Å². The van der Waals surface area contributed by atoms with Gasteiger partial charge in [-0.05, 0) is 36.8 Å². The third-order valence-electron chi connectivity index (χ3n) is 3.98. The van der Waals surface area contributed by atoms with Gasteiger partial charge in [0, 0.05) is 17.0 Å². The maximum absolute atomic E-state index is 11.1. The van der Waals surface area contributed by atoms with E-state index in [4.69, 9.17) is 19.0 Å². The summed E-state index contributed by atoms with van der Waals surface area (Å²) < 4.78 is 16.4. The van der Waals surface area contributed by atoms with Gasteiger partial charge in [-0.2, -0.15) is 0 Å². The zero-order chi connectivity index (χ0) is 17.1. The van der Waals surface area contributed by atoms with Gasteiger partial charge in [0.1, 0.15) is 23.7 Å². The summed E-state index contributed by atoms with van der Waals surface area (Å²) in [6.45, 7) is 2.06. The van der Waals surface area contributed by atoms with Crippen LogP contribution in [-0.4, -0.2) is 18.2 Å². The Morgan fingerprint density at radius 1 is 1.17 bits per heavy atom. The molecular formula is C19H18O5. The summed E-state index contributed by atoms with van der Waals surface area (Å²) in [6.07, 6.45) is 1.50.